The van der Waals surface area contributed by atoms with E-state index >= 15 is 0 Å². The number of piperidine rings is 1. The van der Waals surface area contributed by atoms with E-state index < -0.39 is 15.9 Å². The molecule has 1 atom stereocenters. The first-order valence-electron chi connectivity index (χ1n) is 6.08. The molecule has 1 heterocycles. The van der Waals surface area contributed by atoms with Crippen LogP contribution in [0.5, 0.6) is 0 Å². The van der Waals surface area contributed by atoms with Crippen LogP contribution in [0.2, 0.25) is 0 Å². The molecule has 1 saturated heterocycles. The molecule has 0 radical (unpaired) electrons. The largest absolute Gasteiger partial charge is 0.394 e. The highest BCUT2D eigenvalue weighted by Crippen LogP contribution is 2.21. The average molecular weight is 279 g/mol. The van der Waals surface area contributed by atoms with E-state index in [1.54, 1.807) is 4.90 Å². The van der Waals surface area contributed by atoms with Crippen molar-refractivity contribution in [3.63, 3.8) is 0 Å². The number of sulfone groups is 1. The summed E-state index contributed by atoms with van der Waals surface area (Å²) in [6.45, 7) is 0.779. The molecule has 1 unspecified atom stereocenters. The van der Waals surface area contributed by atoms with Crippen LogP contribution >= 0.6 is 0 Å². The van der Waals surface area contributed by atoms with Crippen LogP contribution in [0, 0.1) is 5.92 Å². The molecule has 6 nitrogen and oxygen atoms in total. The van der Waals surface area contributed by atoms with Crippen LogP contribution in [0.1, 0.15) is 19.3 Å². The normalized spacial score (nSPS) is 19.8. The Labute approximate surface area is 108 Å². The first-order valence-corrected chi connectivity index (χ1v) is 8.14. The highest BCUT2D eigenvalue weighted by atomic mass is 32.2. The predicted molar refractivity (Wildman–Crippen MR) is 66.7 cm³/mol. The maximum Gasteiger partial charge on any atom is 0.223 e. The second-order valence-corrected chi connectivity index (χ2v) is 7.11. The number of likely N-dealkylation sites (tertiary alicyclic amines) is 1. The Bertz CT molecular complexity index is 373. The highest BCUT2D eigenvalue weighted by molar-refractivity contribution is 7.90. The summed E-state index contributed by atoms with van der Waals surface area (Å²) in [7, 11) is -3.11. The fourth-order valence-electron chi connectivity index (χ4n) is 2.11. The maximum absolute atomic E-state index is 11.7. The standard InChI is InChI=1S/C11H21NO5S/c1-18(16,17)7-4-11(15)12-5-2-9(3-6-12)10(14)8-13/h9-10,13-14H,2-8H2,1H3. The van der Waals surface area contributed by atoms with Crippen molar-refractivity contribution in [3.8, 4) is 0 Å². The van der Waals surface area contributed by atoms with Crippen LogP contribution in [0.25, 0.3) is 0 Å². The van der Waals surface area contributed by atoms with Crippen LogP contribution in [0.4, 0.5) is 0 Å². The van der Waals surface area contributed by atoms with Crippen molar-refractivity contribution in [2.75, 3.05) is 31.7 Å². The highest BCUT2D eigenvalue weighted by Gasteiger charge is 2.27. The molecule has 1 aliphatic rings. The number of aliphatic hydroxyl groups excluding tert-OH is 2. The van der Waals surface area contributed by atoms with Crippen molar-refractivity contribution >= 4 is 15.7 Å². The third kappa shape index (κ3) is 4.91. The second kappa shape index (κ2) is 6.49. The zero-order valence-corrected chi connectivity index (χ0v) is 11.4. The number of carbonyl (C=O) groups is 1. The van der Waals surface area contributed by atoms with E-state index in [0.29, 0.717) is 25.9 Å². The van der Waals surface area contributed by atoms with Crippen LogP contribution < -0.4 is 0 Å². The van der Waals surface area contributed by atoms with E-state index in [4.69, 9.17) is 5.11 Å². The molecule has 7 heteroatoms. The Morgan fingerprint density at radius 1 is 1.39 bits per heavy atom. The summed E-state index contributed by atoms with van der Waals surface area (Å²) in [5.74, 6) is -0.253. The number of rotatable bonds is 5. The van der Waals surface area contributed by atoms with E-state index in [2.05, 4.69) is 0 Å². The van der Waals surface area contributed by atoms with E-state index in [1.807, 2.05) is 0 Å². The summed E-state index contributed by atoms with van der Waals surface area (Å²) < 4.78 is 21.9. The summed E-state index contributed by atoms with van der Waals surface area (Å²) >= 11 is 0. The van der Waals surface area contributed by atoms with Crippen molar-refractivity contribution in [1.29, 1.82) is 0 Å². The van der Waals surface area contributed by atoms with Gasteiger partial charge in [-0.2, -0.15) is 0 Å². The smallest absolute Gasteiger partial charge is 0.223 e. The number of carbonyl (C=O) groups excluding carboxylic acids is 1. The van der Waals surface area contributed by atoms with Gasteiger partial charge in [-0.05, 0) is 18.8 Å². The van der Waals surface area contributed by atoms with Gasteiger partial charge in [0.05, 0.1) is 18.5 Å². The zero-order chi connectivity index (χ0) is 13.8. The van der Waals surface area contributed by atoms with Gasteiger partial charge in [-0.25, -0.2) is 8.42 Å². The lowest BCUT2D eigenvalue weighted by Gasteiger charge is -2.33. The Morgan fingerprint density at radius 2 is 1.94 bits per heavy atom. The number of hydrogen-bond acceptors (Lipinski definition) is 5. The Morgan fingerprint density at radius 3 is 2.39 bits per heavy atom. The van der Waals surface area contributed by atoms with Crippen molar-refractivity contribution in [2.45, 2.75) is 25.4 Å². The van der Waals surface area contributed by atoms with E-state index in [0.717, 1.165) is 6.26 Å². The molecule has 0 saturated carbocycles. The molecule has 0 aliphatic carbocycles. The van der Waals surface area contributed by atoms with Gasteiger partial charge in [0.2, 0.25) is 5.91 Å². The minimum absolute atomic E-state index is 0.0199. The SMILES string of the molecule is CS(=O)(=O)CCC(=O)N1CCC(C(O)CO)CC1. The summed E-state index contributed by atoms with van der Waals surface area (Å²) in [6, 6.07) is 0. The molecule has 1 amide bonds. The number of hydrogen-bond donors (Lipinski definition) is 2. The molecule has 1 fully saturated rings. The molecule has 0 aromatic carbocycles. The van der Waals surface area contributed by atoms with Crippen LogP contribution in [-0.2, 0) is 14.6 Å². The van der Waals surface area contributed by atoms with Gasteiger partial charge in [-0.15, -0.1) is 0 Å². The fourth-order valence-corrected chi connectivity index (χ4v) is 2.66. The summed E-state index contributed by atoms with van der Waals surface area (Å²) in [4.78, 5) is 13.4. The van der Waals surface area contributed by atoms with Gasteiger partial charge in [0.1, 0.15) is 9.84 Å². The van der Waals surface area contributed by atoms with Crippen LogP contribution in [0.3, 0.4) is 0 Å². The van der Waals surface area contributed by atoms with E-state index in [-0.39, 0.29) is 30.6 Å². The molecular weight excluding hydrogens is 258 g/mol. The maximum atomic E-state index is 11.7. The van der Waals surface area contributed by atoms with Gasteiger partial charge in [0.25, 0.3) is 0 Å². The van der Waals surface area contributed by atoms with Crippen molar-refractivity contribution in [2.24, 2.45) is 5.92 Å². The third-order valence-electron chi connectivity index (χ3n) is 3.31. The third-order valence-corrected chi connectivity index (χ3v) is 4.26. The quantitative estimate of drug-likeness (QED) is 0.674. The molecule has 0 spiro atoms. The number of amides is 1. The Hall–Kier alpha value is -0.660. The first-order chi connectivity index (χ1) is 8.33. The fraction of sp³-hybridized carbons (Fsp3) is 0.909. The van der Waals surface area contributed by atoms with Gasteiger partial charge in [0.15, 0.2) is 0 Å². The van der Waals surface area contributed by atoms with Crippen molar-refractivity contribution in [1.82, 2.24) is 4.90 Å². The lowest BCUT2D eigenvalue weighted by Crippen LogP contribution is -2.42. The Balaban J connectivity index is 2.36. The van der Waals surface area contributed by atoms with Gasteiger partial charge < -0.3 is 15.1 Å². The molecule has 1 aliphatic heterocycles. The first kappa shape index (κ1) is 15.4. The molecule has 18 heavy (non-hydrogen) atoms. The van der Waals surface area contributed by atoms with Crippen molar-refractivity contribution in [3.05, 3.63) is 0 Å². The number of aliphatic hydroxyl groups is 2. The minimum atomic E-state index is -3.11. The summed E-state index contributed by atoms with van der Waals surface area (Å²) in [6.07, 6.45) is 1.70. The van der Waals surface area contributed by atoms with E-state index in [1.165, 1.54) is 0 Å². The number of nitrogens with zero attached hydrogens (tertiary/aromatic N) is 1. The van der Waals surface area contributed by atoms with Crippen LogP contribution in [0.15, 0.2) is 0 Å². The minimum Gasteiger partial charge on any atom is -0.394 e. The Kier molecular flexibility index (Phi) is 5.55. The molecule has 0 aromatic heterocycles. The molecular formula is C11H21NO5S. The monoisotopic (exact) mass is 279 g/mol. The average Bonchev–Trinajstić information content (AvgIpc) is 2.34. The van der Waals surface area contributed by atoms with Crippen molar-refractivity contribution < 1.29 is 23.4 Å². The van der Waals surface area contributed by atoms with Gasteiger partial charge in [-0.1, -0.05) is 0 Å². The molecule has 1 rings (SSSR count). The van der Waals surface area contributed by atoms with Gasteiger partial charge in [-0.3, -0.25) is 4.79 Å². The molecule has 0 bridgehead atoms. The zero-order valence-electron chi connectivity index (χ0n) is 10.6. The lowest BCUT2D eigenvalue weighted by atomic mass is 9.91. The second-order valence-electron chi connectivity index (χ2n) is 4.85. The summed E-state index contributed by atoms with van der Waals surface area (Å²) in [5.41, 5.74) is 0. The predicted octanol–water partition coefficient (Wildman–Crippen LogP) is -0.987. The van der Waals surface area contributed by atoms with Gasteiger partial charge in [0, 0.05) is 25.8 Å². The summed E-state index contributed by atoms with van der Waals surface area (Å²) in [5, 5.41) is 18.3. The molecule has 106 valence electrons. The molecule has 2 N–H and O–H groups in total. The van der Waals surface area contributed by atoms with E-state index in [9.17, 15) is 18.3 Å². The van der Waals surface area contributed by atoms with Crippen LogP contribution in [-0.4, -0.2) is 67.2 Å². The van der Waals surface area contributed by atoms with Gasteiger partial charge >= 0.3 is 0 Å². The topological polar surface area (TPSA) is 94.9 Å². The molecule has 0 aromatic rings. The lowest BCUT2D eigenvalue weighted by molar-refractivity contribution is -0.132.